The highest BCUT2D eigenvalue weighted by atomic mass is 15.4. The first kappa shape index (κ1) is 24.4. The maximum absolute atomic E-state index is 2.63. The Bertz CT molecular complexity index is 339. The summed E-state index contributed by atoms with van der Waals surface area (Å²) >= 11 is 0. The van der Waals surface area contributed by atoms with E-state index in [0.29, 0.717) is 6.17 Å². The van der Waals surface area contributed by atoms with E-state index in [1.165, 1.54) is 116 Å². The Balaban J connectivity index is 2.09. The van der Waals surface area contributed by atoms with E-state index in [2.05, 4.69) is 43.0 Å². The van der Waals surface area contributed by atoms with E-state index in [1.54, 1.807) is 0 Å². The van der Waals surface area contributed by atoms with Crippen molar-refractivity contribution in [1.29, 1.82) is 0 Å². The average molecular weight is 379 g/mol. The first-order valence-electron chi connectivity index (χ1n) is 12.5. The van der Waals surface area contributed by atoms with Gasteiger partial charge in [0, 0.05) is 25.5 Å². The van der Waals surface area contributed by atoms with Gasteiger partial charge in [0.05, 0.1) is 0 Å². The summed E-state index contributed by atoms with van der Waals surface area (Å²) in [6.07, 6.45) is 29.4. The van der Waals surface area contributed by atoms with Gasteiger partial charge in [-0.3, -0.25) is 0 Å². The van der Waals surface area contributed by atoms with E-state index in [4.69, 9.17) is 0 Å². The molecule has 0 N–H and O–H groups in total. The quantitative estimate of drug-likeness (QED) is 0.209. The second-order valence-electron chi connectivity index (χ2n) is 8.59. The van der Waals surface area contributed by atoms with Crippen molar-refractivity contribution in [1.82, 2.24) is 9.80 Å². The normalized spacial score (nSPS) is 16.6. The molecule has 1 unspecified atom stereocenters. The Morgan fingerprint density at radius 1 is 0.519 bits per heavy atom. The van der Waals surface area contributed by atoms with Crippen molar-refractivity contribution in [3.63, 3.8) is 0 Å². The van der Waals surface area contributed by atoms with Crippen LogP contribution in [-0.4, -0.2) is 29.1 Å². The smallest absolute Gasteiger partial charge is 0.101 e. The maximum atomic E-state index is 2.63. The summed E-state index contributed by atoms with van der Waals surface area (Å²) in [7, 11) is 0. The molecule has 0 spiro atoms. The Morgan fingerprint density at radius 2 is 0.963 bits per heavy atom. The first-order valence-corrected chi connectivity index (χ1v) is 12.5. The second kappa shape index (κ2) is 17.4. The zero-order valence-electron chi connectivity index (χ0n) is 19.1. The van der Waals surface area contributed by atoms with Gasteiger partial charge in [-0.05, 0) is 26.2 Å². The predicted octanol–water partition coefficient (Wildman–Crippen LogP) is 8.09. The molecule has 1 aliphatic heterocycles. The molecule has 1 heterocycles. The van der Waals surface area contributed by atoms with Gasteiger partial charge in [0.1, 0.15) is 6.17 Å². The minimum absolute atomic E-state index is 0.639. The monoisotopic (exact) mass is 378 g/mol. The summed E-state index contributed by atoms with van der Waals surface area (Å²) in [5.41, 5.74) is 0. The minimum atomic E-state index is 0.639. The minimum Gasteiger partial charge on any atom is -0.356 e. The lowest BCUT2D eigenvalue weighted by Crippen LogP contribution is -2.38. The van der Waals surface area contributed by atoms with Gasteiger partial charge in [0.2, 0.25) is 0 Å². The molecule has 2 nitrogen and oxygen atoms in total. The second-order valence-corrected chi connectivity index (χ2v) is 8.59. The lowest BCUT2D eigenvalue weighted by molar-refractivity contribution is 0.142. The first-order chi connectivity index (χ1) is 13.3. The number of hydrogen-bond donors (Lipinski definition) is 0. The van der Waals surface area contributed by atoms with E-state index >= 15 is 0 Å². The number of unbranched alkanes of at least 4 members (excludes halogenated alkanes) is 14. The van der Waals surface area contributed by atoms with Crippen LogP contribution in [0.5, 0.6) is 0 Å². The molecule has 2 heteroatoms. The van der Waals surface area contributed by atoms with Crippen LogP contribution in [0, 0.1) is 0 Å². The molecular weight excluding hydrogens is 328 g/mol. The summed E-state index contributed by atoms with van der Waals surface area (Å²) < 4.78 is 0. The molecule has 0 aromatic heterocycles. The Morgan fingerprint density at radius 3 is 1.48 bits per heavy atom. The summed E-state index contributed by atoms with van der Waals surface area (Å²) in [5.74, 6) is 0. The molecule has 1 atom stereocenters. The number of nitrogens with zero attached hydrogens (tertiary/aromatic N) is 2. The van der Waals surface area contributed by atoms with Crippen LogP contribution >= 0.6 is 0 Å². The molecule has 0 fully saturated rings. The molecule has 0 amide bonds. The molecular formula is C25H50N2. The van der Waals surface area contributed by atoms with Crippen molar-refractivity contribution in [2.24, 2.45) is 0 Å². The molecule has 0 saturated heterocycles. The van der Waals surface area contributed by atoms with E-state index in [-0.39, 0.29) is 0 Å². The third-order valence-corrected chi connectivity index (χ3v) is 6.17. The lowest BCUT2D eigenvalue weighted by atomic mass is 10.1. The lowest BCUT2D eigenvalue weighted by Gasteiger charge is -2.32. The molecule has 0 saturated carbocycles. The van der Waals surface area contributed by atoms with Gasteiger partial charge < -0.3 is 9.80 Å². The molecule has 1 rings (SSSR count). The van der Waals surface area contributed by atoms with E-state index < -0.39 is 0 Å². The Hall–Kier alpha value is -0.660. The fourth-order valence-corrected chi connectivity index (χ4v) is 4.32. The summed E-state index contributed by atoms with van der Waals surface area (Å²) in [4.78, 5) is 5.17. The highest BCUT2D eigenvalue weighted by Gasteiger charge is 2.23. The Labute approximate surface area is 171 Å². The fourth-order valence-electron chi connectivity index (χ4n) is 4.32. The van der Waals surface area contributed by atoms with Crippen LogP contribution in [0.4, 0.5) is 0 Å². The van der Waals surface area contributed by atoms with Gasteiger partial charge in [0.25, 0.3) is 0 Å². The van der Waals surface area contributed by atoms with Crippen molar-refractivity contribution >= 4 is 0 Å². The van der Waals surface area contributed by atoms with Crippen molar-refractivity contribution in [2.75, 3.05) is 13.1 Å². The number of rotatable bonds is 19. The van der Waals surface area contributed by atoms with Crippen LogP contribution in [0.3, 0.4) is 0 Å². The standard InChI is InChI=1S/C25H50N2/c1-4-7-9-11-13-14-15-17-19-21-25-26(6-3)23-24-27(25)22-20-18-16-12-10-8-5-2/h23-25H,4-22H2,1-3H3. The van der Waals surface area contributed by atoms with Gasteiger partial charge in [-0.1, -0.05) is 104 Å². The largest absolute Gasteiger partial charge is 0.356 e. The highest BCUT2D eigenvalue weighted by molar-refractivity contribution is 4.96. The predicted molar refractivity (Wildman–Crippen MR) is 122 cm³/mol. The zero-order valence-corrected chi connectivity index (χ0v) is 19.1. The third-order valence-electron chi connectivity index (χ3n) is 6.17. The molecule has 160 valence electrons. The highest BCUT2D eigenvalue weighted by Crippen LogP contribution is 2.22. The molecule has 27 heavy (non-hydrogen) atoms. The third kappa shape index (κ3) is 11.7. The van der Waals surface area contributed by atoms with Gasteiger partial charge >= 0.3 is 0 Å². The van der Waals surface area contributed by atoms with Crippen molar-refractivity contribution in [2.45, 2.75) is 136 Å². The van der Waals surface area contributed by atoms with Gasteiger partial charge in [0.15, 0.2) is 0 Å². The topological polar surface area (TPSA) is 6.48 Å². The van der Waals surface area contributed by atoms with Gasteiger partial charge in [-0.15, -0.1) is 0 Å². The molecule has 0 radical (unpaired) electrons. The molecule has 0 aromatic rings. The van der Waals surface area contributed by atoms with Crippen molar-refractivity contribution in [3.8, 4) is 0 Å². The van der Waals surface area contributed by atoms with Crippen LogP contribution in [0.2, 0.25) is 0 Å². The Kier molecular flexibility index (Phi) is 15.7. The maximum Gasteiger partial charge on any atom is 0.101 e. The van der Waals surface area contributed by atoms with E-state index in [1.807, 2.05) is 0 Å². The molecule has 1 aliphatic rings. The summed E-state index contributed by atoms with van der Waals surface area (Å²) in [6, 6.07) is 0. The van der Waals surface area contributed by atoms with Crippen LogP contribution in [0.15, 0.2) is 12.4 Å². The molecule has 0 bridgehead atoms. The fraction of sp³-hybridized carbons (Fsp3) is 0.920. The molecule has 0 aliphatic carbocycles. The van der Waals surface area contributed by atoms with Crippen LogP contribution in [-0.2, 0) is 0 Å². The summed E-state index contributed by atoms with van der Waals surface area (Å²) in [6.45, 7) is 9.29. The molecule has 0 aromatic carbocycles. The van der Waals surface area contributed by atoms with E-state index in [0.717, 1.165) is 6.54 Å². The number of hydrogen-bond acceptors (Lipinski definition) is 2. The van der Waals surface area contributed by atoms with E-state index in [9.17, 15) is 0 Å². The van der Waals surface area contributed by atoms with Crippen LogP contribution in [0.25, 0.3) is 0 Å². The van der Waals surface area contributed by atoms with Gasteiger partial charge in [-0.25, -0.2) is 0 Å². The average Bonchev–Trinajstić information content (AvgIpc) is 3.08. The van der Waals surface area contributed by atoms with Crippen LogP contribution < -0.4 is 0 Å². The zero-order chi connectivity index (χ0) is 19.6. The van der Waals surface area contributed by atoms with Gasteiger partial charge in [-0.2, -0.15) is 0 Å². The van der Waals surface area contributed by atoms with Crippen LogP contribution in [0.1, 0.15) is 130 Å². The van der Waals surface area contributed by atoms with Crippen molar-refractivity contribution in [3.05, 3.63) is 12.4 Å². The SMILES string of the molecule is CCCCCCCCCCCC1N(CC)C=CN1CCCCCCCCC. The summed E-state index contributed by atoms with van der Waals surface area (Å²) in [5, 5.41) is 0. The van der Waals surface area contributed by atoms with Crippen molar-refractivity contribution < 1.29 is 0 Å².